The van der Waals surface area contributed by atoms with Crippen molar-refractivity contribution in [2.24, 2.45) is 0 Å². The fourth-order valence-electron chi connectivity index (χ4n) is 1.35. The highest BCUT2D eigenvalue weighted by Gasteiger charge is 2.15. The Labute approximate surface area is 119 Å². The Morgan fingerprint density at radius 2 is 1.89 bits per heavy atom. The minimum atomic E-state index is -3.68. The fourth-order valence-corrected chi connectivity index (χ4v) is 2.69. The Morgan fingerprint density at radius 1 is 1.21 bits per heavy atom. The second-order valence-corrected chi connectivity index (χ2v) is 6.21. The predicted molar refractivity (Wildman–Crippen MR) is 76.5 cm³/mol. The molecule has 1 aromatic heterocycles. The lowest BCUT2D eigenvalue weighted by atomic mass is 10.3. The van der Waals surface area contributed by atoms with Crippen LogP contribution in [0.1, 0.15) is 0 Å². The summed E-state index contributed by atoms with van der Waals surface area (Å²) in [4.78, 5) is 7.75. The highest BCUT2D eigenvalue weighted by atomic mass is 79.9. The molecular weight excluding hydrogens is 332 g/mol. The molecule has 0 unspecified atom stereocenters. The van der Waals surface area contributed by atoms with Gasteiger partial charge in [-0.1, -0.05) is 22.0 Å². The summed E-state index contributed by atoms with van der Waals surface area (Å²) in [6, 6.07) is 6.87. The number of nitrogens with one attached hydrogen (secondary N) is 2. The summed E-state index contributed by atoms with van der Waals surface area (Å²) in [6.45, 7) is 0. The van der Waals surface area contributed by atoms with Crippen LogP contribution in [0.4, 0.5) is 11.6 Å². The molecule has 2 rings (SSSR count). The molecule has 100 valence electrons. The maximum absolute atomic E-state index is 12.1. The molecule has 1 heterocycles. The first kappa shape index (κ1) is 13.8. The summed E-state index contributed by atoms with van der Waals surface area (Å²) in [5, 5.41) is 2.72. The monoisotopic (exact) mass is 342 g/mol. The quantitative estimate of drug-likeness (QED) is 0.888. The van der Waals surface area contributed by atoms with E-state index in [2.05, 4.69) is 35.9 Å². The Bertz CT molecular complexity index is 673. The molecule has 8 heteroatoms. The fraction of sp³-hybridized carbons (Fsp3) is 0.0909. The molecular formula is C11H11BrN4O2S. The molecule has 0 aliphatic heterocycles. The summed E-state index contributed by atoms with van der Waals surface area (Å²) in [5.41, 5.74) is 0.465. The molecule has 2 N–H and O–H groups in total. The Balaban J connectivity index is 2.27. The van der Waals surface area contributed by atoms with Gasteiger partial charge in [-0.3, -0.25) is 4.72 Å². The number of sulfonamides is 1. The van der Waals surface area contributed by atoms with Crippen LogP contribution in [0.3, 0.4) is 0 Å². The van der Waals surface area contributed by atoms with E-state index < -0.39 is 10.0 Å². The standard InChI is InChI=1S/C11H11BrN4O2S/c1-13-11-14-6-10(7-15-11)19(17,18)16-9-4-2-3-8(12)5-9/h2-7,16H,1H3,(H,13,14,15). The van der Waals surface area contributed by atoms with Crippen LogP contribution in [0.5, 0.6) is 0 Å². The van der Waals surface area contributed by atoms with Crippen LogP contribution in [0, 0.1) is 0 Å². The van der Waals surface area contributed by atoms with Gasteiger partial charge in [0.15, 0.2) is 0 Å². The molecule has 0 fully saturated rings. The largest absolute Gasteiger partial charge is 0.357 e. The molecule has 19 heavy (non-hydrogen) atoms. The second-order valence-electron chi connectivity index (χ2n) is 3.61. The van der Waals surface area contributed by atoms with Crippen molar-refractivity contribution in [3.8, 4) is 0 Å². The van der Waals surface area contributed by atoms with Crippen LogP contribution in [0.2, 0.25) is 0 Å². The number of aromatic nitrogens is 2. The topological polar surface area (TPSA) is 84.0 Å². The lowest BCUT2D eigenvalue weighted by molar-refractivity contribution is 0.600. The summed E-state index contributed by atoms with van der Waals surface area (Å²) < 4.78 is 27.4. The Kier molecular flexibility index (Phi) is 4.01. The van der Waals surface area contributed by atoms with Gasteiger partial charge in [0.2, 0.25) is 5.95 Å². The van der Waals surface area contributed by atoms with E-state index in [4.69, 9.17) is 0 Å². The molecule has 0 bridgehead atoms. The highest BCUT2D eigenvalue weighted by molar-refractivity contribution is 9.10. The number of rotatable bonds is 4. The molecule has 0 saturated heterocycles. The molecule has 2 aromatic rings. The van der Waals surface area contributed by atoms with Crippen molar-refractivity contribution in [3.05, 3.63) is 41.1 Å². The summed E-state index contributed by atoms with van der Waals surface area (Å²) in [6.07, 6.45) is 2.50. The lowest BCUT2D eigenvalue weighted by Gasteiger charge is -2.08. The predicted octanol–water partition coefficient (Wildman–Crippen LogP) is 2.08. The third-order valence-corrected chi connectivity index (χ3v) is 4.07. The van der Waals surface area contributed by atoms with Gasteiger partial charge in [0, 0.05) is 17.2 Å². The zero-order valence-corrected chi connectivity index (χ0v) is 12.4. The molecule has 0 saturated carbocycles. The van der Waals surface area contributed by atoms with E-state index in [0.29, 0.717) is 11.6 Å². The van der Waals surface area contributed by atoms with Gasteiger partial charge in [-0.15, -0.1) is 0 Å². The van der Waals surface area contributed by atoms with Crippen molar-refractivity contribution in [2.45, 2.75) is 4.90 Å². The van der Waals surface area contributed by atoms with Gasteiger partial charge in [-0.25, -0.2) is 18.4 Å². The maximum Gasteiger partial charge on any atom is 0.264 e. The zero-order valence-electron chi connectivity index (χ0n) is 9.96. The first-order chi connectivity index (χ1) is 9.01. The number of halogens is 1. The number of anilines is 2. The van der Waals surface area contributed by atoms with Crippen LogP contribution >= 0.6 is 15.9 Å². The number of nitrogens with zero attached hydrogens (tertiary/aromatic N) is 2. The summed E-state index contributed by atoms with van der Waals surface area (Å²) in [7, 11) is -2.02. The van der Waals surface area contributed by atoms with Crippen molar-refractivity contribution in [1.82, 2.24) is 9.97 Å². The van der Waals surface area contributed by atoms with E-state index >= 15 is 0 Å². The van der Waals surface area contributed by atoms with E-state index in [-0.39, 0.29) is 4.90 Å². The second kappa shape index (κ2) is 5.54. The number of hydrogen-bond acceptors (Lipinski definition) is 5. The molecule has 1 aromatic carbocycles. The van der Waals surface area contributed by atoms with Crippen molar-refractivity contribution in [1.29, 1.82) is 0 Å². The average Bonchev–Trinajstić information content (AvgIpc) is 2.38. The van der Waals surface area contributed by atoms with E-state index in [0.717, 1.165) is 4.47 Å². The van der Waals surface area contributed by atoms with Gasteiger partial charge in [-0.2, -0.15) is 0 Å². The minimum Gasteiger partial charge on any atom is -0.357 e. The Hall–Kier alpha value is -1.67. The van der Waals surface area contributed by atoms with Crippen LogP contribution in [-0.4, -0.2) is 25.4 Å². The van der Waals surface area contributed by atoms with Gasteiger partial charge < -0.3 is 5.32 Å². The Morgan fingerprint density at radius 3 is 2.47 bits per heavy atom. The first-order valence-corrected chi connectivity index (χ1v) is 7.57. The van der Waals surface area contributed by atoms with Gasteiger partial charge >= 0.3 is 0 Å². The SMILES string of the molecule is CNc1ncc(S(=O)(=O)Nc2cccc(Br)c2)cn1. The maximum atomic E-state index is 12.1. The third kappa shape index (κ3) is 3.42. The molecule has 0 spiro atoms. The van der Waals surface area contributed by atoms with Crippen molar-refractivity contribution in [3.63, 3.8) is 0 Å². The third-order valence-electron chi connectivity index (χ3n) is 2.24. The van der Waals surface area contributed by atoms with Crippen LogP contribution in [0.15, 0.2) is 46.0 Å². The van der Waals surface area contributed by atoms with Crippen LogP contribution < -0.4 is 10.0 Å². The lowest BCUT2D eigenvalue weighted by Crippen LogP contribution is -2.14. The van der Waals surface area contributed by atoms with Crippen LogP contribution in [-0.2, 0) is 10.0 Å². The van der Waals surface area contributed by atoms with Crippen molar-refractivity contribution >= 4 is 37.6 Å². The normalized spacial score (nSPS) is 11.1. The van der Waals surface area contributed by atoms with Crippen molar-refractivity contribution in [2.75, 3.05) is 17.1 Å². The van der Waals surface area contributed by atoms with Gasteiger partial charge in [0.1, 0.15) is 4.90 Å². The molecule has 0 radical (unpaired) electrons. The molecule has 0 aliphatic carbocycles. The average molecular weight is 343 g/mol. The summed E-state index contributed by atoms with van der Waals surface area (Å²) >= 11 is 3.28. The summed E-state index contributed by atoms with van der Waals surface area (Å²) in [5.74, 6) is 0.362. The molecule has 0 amide bonds. The number of benzene rings is 1. The number of hydrogen-bond donors (Lipinski definition) is 2. The van der Waals surface area contributed by atoms with Gasteiger partial charge in [0.25, 0.3) is 10.0 Å². The van der Waals surface area contributed by atoms with Gasteiger partial charge in [-0.05, 0) is 18.2 Å². The molecule has 0 aliphatic rings. The zero-order chi connectivity index (χ0) is 13.9. The minimum absolute atomic E-state index is 0.00600. The van der Waals surface area contributed by atoms with E-state index in [9.17, 15) is 8.42 Å². The molecule has 0 atom stereocenters. The highest BCUT2D eigenvalue weighted by Crippen LogP contribution is 2.19. The van der Waals surface area contributed by atoms with E-state index in [1.54, 1.807) is 25.2 Å². The van der Waals surface area contributed by atoms with Crippen LogP contribution in [0.25, 0.3) is 0 Å². The first-order valence-electron chi connectivity index (χ1n) is 5.29. The van der Waals surface area contributed by atoms with E-state index in [1.807, 2.05) is 6.07 Å². The van der Waals surface area contributed by atoms with Gasteiger partial charge in [0.05, 0.1) is 12.4 Å². The van der Waals surface area contributed by atoms with Crippen molar-refractivity contribution < 1.29 is 8.42 Å². The molecule has 6 nitrogen and oxygen atoms in total. The van der Waals surface area contributed by atoms with E-state index in [1.165, 1.54) is 12.4 Å². The smallest absolute Gasteiger partial charge is 0.264 e.